The van der Waals surface area contributed by atoms with Gasteiger partial charge in [0.1, 0.15) is 12.1 Å². The fourth-order valence-electron chi connectivity index (χ4n) is 2.39. The molecule has 5 heteroatoms. The van der Waals surface area contributed by atoms with Crippen LogP contribution < -0.4 is 5.32 Å². The van der Waals surface area contributed by atoms with Gasteiger partial charge < -0.3 is 10.2 Å². The standard InChI is InChI=1S/C14H17ClN2O2/c1-8-14(19)17(10(3)13(18)16-8)9(2)11-5-4-6-12(15)7-11/h4-10H,1-3H3,(H,16,18). The molecule has 3 unspecified atom stereocenters. The molecule has 102 valence electrons. The minimum Gasteiger partial charge on any atom is -0.343 e. The van der Waals surface area contributed by atoms with Gasteiger partial charge in [0, 0.05) is 5.02 Å². The molecule has 4 nitrogen and oxygen atoms in total. The van der Waals surface area contributed by atoms with Gasteiger partial charge in [-0.3, -0.25) is 9.59 Å². The second-order valence-electron chi connectivity index (χ2n) is 4.88. The Kier molecular flexibility index (Phi) is 3.80. The zero-order chi connectivity index (χ0) is 14.2. The first-order valence-corrected chi connectivity index (χ1v) is 6.67. The summed E-state index contributed by atoms with van der Waals surface area (Å²) < 4.78 is 0. The Hall–Kier alpha value is -1.55. The van der Waals surface area contributed by atoms with Gasteiger partial charge in [0.05, 0.1) is 6.04 Å². The van der Waals surface area contributed by atoms with E-state index in [1.807, 2.05) is 25.1 Å². The summed E-state index contributed by atoms with van der Waals surface area (Å²) in [4.78, 5) is 25.7. The van der Waals surface area contributed by atoms with E-state index in [0.29, 0.717) is 5.02 Å². The number of carbonyl (C=O) groups excluding carboxylic acids is 2. The molecule has 1 saturated heterocycles. The maximum Gasteiger partial charge on any atom is 0.246 e. The van der Waals surface area contributed by atoms with Crippen molar-refractivity contribution < 1.29 is 9.59 Å². The summed E-state index contributed by atoms with van der Waals surface area (Å²) in [6, 6.07) is 6.22. The van der Waals surface area contributed by atoms with Crippen molar-refractivity contribution >= 4 is 23.4 Å². The molecule has 1 aromatic rings. The lowest BCUT2D eigenvalue weighted by Crippen LogP contribution is -2.61. The molecule has 1 heterocycles. The maximum absolute atomic E-state index is 12.3. The number of hydrogen-bond acceptors (Lipinski definition) is 2. The Bertz CT molecular complexity index is 518. The number of amides is 2. The van der Waals surface area contributed by atoms with Crippen LogP contribution in [0.5, 0.6) is 0 Å². The van der Waals surface area contributed by atoms with Crippen molar-refractivity contribution in [2.24, 2.45) is 0 Å². The average Bonchev–Trinajstić information content (AvgIpc) is 2.36. The number of nitrogens with one attached hydrogen (secondary N) is 1. The van der Waals surface area contributed by atoms with Crippen LogP contribution in [0.2, 0.25) is 5.02 Å². The summed E-state index contributed by atoms with van der Waals surface area (Å²) in [7, 11) is 0. The van der Waals surface area contributed by atoms with Crippen molar-refractivity contribution in [3.8, 4) is 0 Å². The van der Waals surface area contributed by atoms with Crippen LogP contribution in [0.25, 0.3) is 0 Å². The van der Waals surface area contributed by atoms with Gasteiger partial charge in [0.25, 0.3) is 0 Å². The van der Waals surface area contributed by atoms with Gasteiger partial charge in [-0.25, -0.2) is 0 Å². The van der Waals surface area contributed by atoms with E-state index in [1.165, 1.54) is 0 Å². The monoisotopic (exact) mass is 280 g/mol. The van der Waals surface area contributed by atoms with Crippen molar-refractivity contribution in [1.82, 2.24) is 10.2 Å². The molecular formula is C14H17ClN2O2. The molecule has 0 aliphatic carbocycles. The topological polar surface area (TPSA) is 49.4 Å². The van der Waals surface area contributed by atoms with E-state index in [0.717, 1.165) is 5.56 Å². The SMILES string of the molecule is CC1NC(=O)C(C)N(C(C)c2cccc(Cl)c2)C1=O. The molecule has 2 amide bonds. The van der Waals surface area contributed by atoms with Crippen LogP contribution in [0, 0.1) is 0 Å². The van der Waals surface area contributed by atoms with Crippen LogP contribution in [-0.4, -0.2) is 28.8 Å². The van der Waals surface area contributed by atoms with Gasteiger partial charge in [-0.15, -0.1) is 0 Å². The van der Waals surface area contributed by atoms with Crippen LogP contribution >= 0.6 is 11.6 Å². The molecule has 1 aliphatic rings. The number of benzene rings is 1. The number of hydrogen-bond donors (Lipinski definition) is 1. The third kappa shape index (κ3) is 2.59. The lowest BCUT2D eigenvalue weighted by atomic mass is 10.0. The van der Waals surface area contributed by atoms with Crippen molar-refractivity contribution in [3.05, 3.63) is 34.9 Å². The Labute approximate surface area is 117 Å². The molecule has 19 heavy (non-hydrogen) atoms. The zero-order valence-electron chi connectivity index (χ0n) is 11.2. The first kappa shape index (κ1) is 13.9. The highest BCUT2D eigenvalue weighted by Crippen LogP contribution is 2.27. The Morgan fingerprint density at radius 3 is 2.63 bits per heavy atom. The molecule has 0 bridgehead atoms. The second kappa shape index (κ2) is 5.21. The number of piperazine rings is 1. The van der Waals surface area contributed by atoms with Gasteiger partial charge in [0.2, 0.25) is 11.8 Å². The smallest absolute Gasteiger partial charge is 0.246 e. The summed E-state index contributed by atoms with van der Waals surface area (Å²) in [6.45, 7) is 5.34. The summed E-state index contributed by atoms with van der Waals surface area (Å²) in [6.07, 6.45) is 0. The second-order valence-corrected chi connectivity index (χ2v) is 5.32. The molecule has 0 radical (unpaired) electrons. The first-order chi connectivity index (χ1) is 8.91. The summed E-state index contributed by atoms with van der Waals surface area (Å²) >= 11 is 5.98. The lowest BCUT2D eigenvalue weighted by molar-refractivity contribution is -0.150. The molecule has 1 aliphatic heterocycles. The lowest BCUT2D eigenvalue weighted by Gasteiger charge is -2.40. The Morgan fingerprint density at radius 1 is 1.32 bits per heavy atom. The van der Waals surface area contributed by atoms with E-state index < -0.39 is 12.1 Å². The van der Waals surface area contributed by atoms with E-state index in [1.54, 1.807) is 24.8 Å². The minimum absolute atomic E-state index is 0.0698. The van der Waals surface area contributed by atoms with Crippen molar-refractivity contribution in [3.63, 3.8) is 0 Å². The fraction of sp³-hybridized carbons (Fsp3) is 0.429. The van der Waals surface area contributed by atoms with E-state index in [2.05, 4.69) is 5.32 Å². The molecule has 2 rings (SSSR count). The number of halogens is 1. The normalized spacial score (nSPS) is 25.2. The maximum atomic E-state index is 12.3. The number of rotatable bonds is 2. The summed E-state index contributed by atoms with van der Waals surface area (Å²) in [5.41, 5.74) is 0.926. The first-order valence-electron chi connectivity index (χ1n) is 6.30. The molecular weight excluding hydrogens is 264 g/mol. The quantitative estimate of drug-likeness (QED) is 0.902. The van der Waals surface area contributed by atoms with Crippen molar-refractivity contribution in [2.75, 3.05) is 0 Å². The molecule has 1 fully saturated rings. The third-order valence-electron chi connectivity index (χ3n) is 3.53. The fourth-order valence-corrected chi connectivity index (χ4v) is 2.59. The molecule has 0 spiro atoms. The molecule has 1 N–H and O–H groups in total. The average molecular weight is 281 g/mol. The van der Waals surface area contributed by atoms with Gasteiger partial charge in [-0.1, -0.05) is 23.7 Å². The predicted octanol–water partition coefficient (Wildman–Crippen LogP) is 2.14. The van der Waals surface area contributed by atoms with E-state index in [4.69, 9.17) is 11.6 Å². The van der Waals surface area contributed by atoms with E-state index in [-0.39, 0.29) is 17.9 Å². The Morgan fingerprint density at radius 2 is 2.00 bits per heavy atom. The van der Waals surface area contributed by atoms with Gasteiger partial charge in [-0.2, -0.15) is 0 Å². The largest absolute Gasteiger partial charge is 0.343 e. The van der Waals surface area contributed by atoms with E-state index >= 15 is 0 Å². The van der Waals surface area contributed by atoms with Crippen LogP contribution in [0.4, 0.5) is 0 Å². The van der Waals surface area contributed by atoms with Gasteiger partial charge >= 0.3 is 0 Å². The molecule has 0 saturated carbocycles. The van der Waals surface area contributed by atoms with Gasteiger partial charge in [0.15, 0.2) is 0 Å². The highest BCUT2D eigenvalue weighted by Gasteiger charge is 2.38. The zero-order valence-corrected chi connectivity index (χ0v) is 11.9. The van der Waals surface area contributed by atoms with Crippen molar-refractivity contribution in [1.29, 1.82) is 0 Å². The summed E-state index contributed by atoms with van der Waals surface area (Å²) in [5, 5.41) is 3.29. The minimum atomic E-state index is -0.481. The molecule has 1 aromatic carbocycles. The summed E-state index contributed by atoms with van der Waals surface area (Å²) in [5.74, 6) is -0.194. The highest BCUT2D eigenvalue weighted by molar-refractivity contribution is 6.30. The van der Waals surface area contributed by atoms with Crippen LogP contribution in [0.3, 0.4) is 0 Å². The predicted molar refractivity (Wildman–Crippen MR) is 73.8 cm³/mol. The van der Waals surface area contributed by atoms with Crippen LogP contribution in [0.1, 0.15) is 32.4 Å². The molecule has 0 aromatic heterocycles. The van der Waals surface area contributed by atoms with E-state index in [9.17, 15) is 9.59 Å². The third-order valence-corrected chi connectivity index (χ3v) is 3.76. The Balaban J connectivity index is 2.32. The highest BCUT2D eigenvalue weighted by atomic mass is 35.5. The van der Waals surface area contributed by atoms with Crippen molar-refractivity contribution in [2.45, 2.75) is 38.9 Å². The number of nitrogens with zero attached hydrogens (tertiary/aromatic N) is 1. The number of carbonyl (C=O) groups is 2. The molecule has 3 atom stereocenters. The van der Waals surface area contributed by atoms with Crippen LogP contribution in [0.15, 0.2) is 24.3 Å². The van der Waals surface area contributed by atoms with Crippen LogP contribution in [-0.2, 0) is 9.59 Å². The van der Waals surface area contributed by atoms with Gasteiger partial charge in [-0.05, 0) is 38.5 Å².